The van der Waals surface area contributed by atoms with Crippen molar-refractivity contribution in [3.63, 3.8) is 0 Å². The van der Waals surface area contributed by atoms with Gasteiger partial charge >= 0.3 is 0 Å². The lowest BCUT2D eigenvalue weighted by Crippen LogP contribution is -2.17. The topological polar surface area (TPSA) is 101 Å². The molecule has 1 aliphatic carbocycles. The molecule has 2 aliphatic rings. The number of anilines is 1. The summed E-state index contributed by atoms with van der Waals surface area (Å²) in [5.74, 6) is 0.754. The predicted octanol–water partition coefficient (Wildman–Crippen LogP) is 2.01. The maximum absolute atomic E-state index is 12.2. The van der Waals surface area contributed by atoms with Crippen LogP contribution in [-0.4, -0.2) is 46.2 Å². The lowest BCUT2D eigenvalue weighted by Gasteiger charge is -2.21. The van der Waals surface area contributed by atoms with Crippen LogP contribution >= 0.6 is 0 Å². The fourth-order valence-electron chi connectivity index (χ4n) is 3.53. The van der Waals surface area contributed by atoms with Crippen LogP contribution in [0, 0.1) is 0 Å². The van der Waals surface area contributed by atoms with E-state index >= 15 is 0 Å². The van der Waals surface area contributed by atoms with E-state index in [-0.39, 0.29) is 5.25 Å². The highest BCUT2D eigenvalue weighted by Gasteiger charge is 2.36. The average Bonchev–Trinajstić information content (AvgIpc) is 3.27. The van der Waals surface area contributed by atoms with Gasteiger partial charge in [0.15, 0.2) is 17.1 Å². The molecule has 0 aromatic carbocycles. The first-order valence-corrected chi connectivity index (χ1v) is 10.1. The average molecular weight is 361 g/mol. The van der Waals surface area contributed by atoms with Crippen molar-refractivity contribution in [1.82, 2.24) is 19.4 Å². The third kappa shape index (κ3) is 2.58. The number of hydrogen-bond acceptors (Lipinski definition) is 5. The molecule has 0 amide bonds. The third-order valence-corrected chi connectivity index (χ3v) is 6.86. The fraction of sp³-hybridized carbons (Fsp3) is 0.500. The largest absolute Gasteiger partial charge is 0.381 e. The van der Waals surface area contributed by atoms with Gasteiger partial charge in [0.05, 0.1) is 23.2 Å². The van der Waals surface area contributed by atoms with Gasteiger partial charge in [0.2, 0.25) is 10.0 Å². The van der Waals surface area contributed by atoms with E-state index in [2.05, 4.69) is 19.7 Å². The number of fused-ring (bicyclic) bond motifs is 3. The van der Waals surface area contributed by atoms with Crippen LogP contribution in [0.2, 0.25) is 0 Å². The van der Waals surface area contributed by atoms with Gasteiger partial charge in [0.25, 0.3) is 0 Å². The monoisotopic (exact) mass is 361 g/mol. The zero-order chi connectivity index (χ0) is 17.0. The minimum atomic E-state index is -3.33. The van der Waals surface area contributed by atoms with Gasteiger partial charge in [-0.2, -0.15) is 0 Å². The first kappa shape index (κ1) is 15.2. The highest BCUT2D eigenvalue weighted by Crippen LogP contribution is 2.33. The molecule has 0 unspecified atom stereocenters. The summed E-state index contributed by atoms with van der Waals surface area (Å²) in [6.07, 6.45) is 8.79. The number of ether oxygens (including phenoxy) is 1. The Hall–Kier alpha value is -2.13. The maximum Gasteiger partial charge on any atom is 0.236 e. The number of imidazole rings is 1. The molecule has 1 saturated heterocycles. The number of hydrogen-bond donors (Lipinski definition) is 2. The molecule has 5 rings (SSSR count). The molecule has 2 fully saturated rings. The van der Waals surface area contributed by atoms with E-state index in [0.29, 0.717) is 17.4 Å². The van der Waals surface area contributed by atoms with Crippen LogP contribution in [0.15, 0.2) is 18.6 Å². The molecule has 1 aliphatic heterocycles. The Kier molecular flexibility index (Phi) is 3.29. The number of sulfonamides is 1. The van der Waals surface area contributed by atoms with Crippen LogP contribution in [0.5, 0.6) is 0 Å². The second-order valence-corrected chi connectivity index (χ2v) is 8.75. The van der Waals surface area contributed by atoms with Gasteiger partial charge < -0.3 is 9.72 Å². The summed E-state index contributed by atoms with van der Waals surface area (Å²) in [5.41, 5.74) is 3.57. The minimum Gasteiger partial charge on any atom is -0.381 e. The molecule has 4 heterocycles. The van der Waals surface area contributed by atoms with E-state index in [1.165, 1.54) is 5.56 Å². The standard InChI is InChI=1S/C16H19N5O3S/c22-25(23,11-1-2-11)20-13-9-21-14(19-13)8-18-16-15(21)12(7-17-16)10-3-5-24-6-4-10/h7-11,17,20H,1-6H2. The molecule has 132 valence electrons. The van der Waals surface area contributed by atoms with E-state index in [0.717, 1.165) is 50.1 Å². The minimum absolute atomic E-state index is 0.277. The Morgan fingerprint density at radius 3 is 2.80 bits per heavy atom. The summed E-state index contributed by atoms with van der Waals surface area (Å²) < 4.78 is 34.3. The third-order valence-electron chi connectivity index (χ3n) is 5.02. The zero-order valence-corrected chi connectivity index (χ0v) is 14.4. The number of nitrogens with zero attached hydrogens (tertiary/aromatic N) is 3. The summed E-state index contributed by atoms with van der Waals surface area (Å²) in [6.45, 7) is 1.52. The van der Waals surface area contributed by atoms with Gasteiger partial charge in [-0.15, -0.1) is 0 Å². The molecule has 2 N–H and O–H groups in total. The van der Waals surface area contributed by atoms with E-state index in [4.69, 9.17) is 4.74 Å². The van der Waals surface area contributed by atoms with Crippen molar-refractivity contribution in [3.05, 3.63) is 24.2 Å². The quantitative estimate of drug-likeness (QED) is 0.740. The normalized spacial score (nSPS) is 19.7. The number of nitrogens with one attached hydrogen (secondary N) is 2. The molecule has 8 nitrogen and oxygen atoms in total. The van der Waals surface area contributed by atoms with Gasteiger partial charge in [-0.05, 0) is 37.2 Å². The van der Waals surface area contributed by atoms with Crippen LogP contribution in [-0.2, 0) is 14.8 Å². The van der Waals surface area contributed by atoms with Crippen LogP contribution in [0.4, 0.5) is 5.82 Å². The summed E-state index contributed by atoms with van der Waals surface area (Å²) in [5, 5.41) is -0.277. The second-order valence-electron chi connectivity index (χ2n) is 6.79. The maximum atomic E-state index is 12.2. The molecule has 25 heavy (non-hydrogen) atoms. The van der Waals surface area contributed by atoms with E-state index in [9.17, 15) is 8.42 Å². The number of H-pyrrole nitrogens is 1. The Labute approximate surface area is 144 Å². The van der Waals surface area contributed by atoms with Gasteiger partial charge in [-0.25, -0.2) is 18.4 Å². The van der Waals surface area contributed by atoms with Crippen LogP contribution in [0.3, 0.4) is 0 Å². The SMILES string of the molecule is O=S(=O)(Nc1cn2c(cnc3[nH]cc(C4CCOCC4)c32)n1)C1CC1. The van der Waals surface area contributed by atoms with Crippen molar-refractivity contribution in [1.29, 1.82) is 0 Å². The summed E-state index contributed by atoms with van der Waals surface area (Å²) >= 11 is 0. The predicted molar refractivity (Wildman–Crippen MR) is 93.2 cm³/mol. The molecule has 1 saturated carbocycles. The van der Waals surface area contributed by atoms with Crippen molar-refractivity contribution >= 4 is 32.7 Å². The molecule has 0 atom stereocenters. The van der Waals surface area contributed by atoms with Gasteiger partial charge in [0, 0.05) is 19.4 Å². The number of aromatic nitrogens is 4. The van der Waals surface area contributed by atoms with Crippen LogP contribution < -0.4 is 4.72 Å². The van der Waals surface area contributed by atoms with Crippen molar-refractivity contribution in [3.8, 4) is 0 Å². The van der Waals surface area contributed by atoms with E-state index in [1.54, 1.807) is 12.4 Å². The highest BCUT2D eigenvalue weighted by atomic mass is 32.2. The van der Waals surface area contributed by atoms with Crippen molar-refractivity contribution in [2.75, 3.05) is 17.9 Å². The first-order chi connectivity index (χ1) is 12.1. The Morgan fingerprint density at radius 1 is 1.24 bits per heavy atom. The Morgan fingerprint density at radius 2 is 2.04 bits per heavy atom. The fourth-order valence-corrected chi connectivity index (χ4v) is 4.85. The molecular weight excluding hydrogens is 342 g/mol. The smallest absolute Gasteiger partial charge is 0.236 e. The summed E-state index contributed by atoms with van der Waals surface area (Å²) in [7, 11) is -3.33. The molecule has 3 aromatic heterocycles. The summed E-state index contributed by atoms with van der Waals surface area (Å²) in [4.78, 5) is 12.1. The lowest BCUT2D eigenvalue weighted by atomic mass is 9.93. The molecule has 9 heteroatoms. The number of rotatable bonds is 4. The Bertz CT molecular complexity index is 1040. The Balaban J connectivity index is 1.60. The second kappa shape index (κ2) is 5.43. The molecule has 0 bridgehead atoms. The van der Waals surface area contributed by atoms with Crippen molar-refractivity contribution in [2.24, 2.45) is 0 Å². The molecule has 0 radical (unpaired) electrons. The van der Waals surface area contributed by atoms with Gasteiger partial charge in [-0.1, -0.05) is 0 Å². The molecule has 3 aromatic rings. The van der Waals surface area contributed by atoms with E-state index in [1.807, 2.05) is 10.6 Å². The number of aromatic amines is 1. The van der Waals surface area contributed by atoms with Crippen LogP contribution in [0.1, 0.15) is 37.2 Å². The summed E-state index contributed by atoms with van der Waals surface area (Å²) in [6, 6.07) is 0. The van der Waals surface area contributed by atoms with Crippen molar-refractivity contribution < 1.29 is 13.2 Å². The molecular formula is C16H19N5O3S. The lowest BCUT2D eigenvalue weighted by molar-refractivity contribution is 0.0856. The first-order valence-electron chi connectivity index (χ1n) is 8.56. The van der Waals surface area contributed by atoms with Gasteiger partial charge in [0.1, 0.15) is 0 Å². The molecule has 0 spiro atoms. The van der Waals surface area contributed by atoms with E-state index < -0.39 is 10.0 Å². The zero-order valence-electron chi connectivity index (χ0n) is 13.6. The highest BCUT2D eigenvalue weighted by molar-refractivity contribution is 7.93. The van der Waals surface area contributed by atoms with Crippen molar-refractivity contribution in [2.45, 2.75) is 36.9 Å². The van der Waals surface area contributed by atoms with Gasteiger partial charge in [-0.3, -0.25) is 9.12 Å². The van der Waals surface area contributed by atoms with Crippen LogP contribution in [0.25, 0.3) is 16.8 Å².